The summed E-state index contributed by atoms with van der Waals surface area (Å²) >= 11 is 0. The molecule has 1 fully saturated rings. The number of hydrogen-bond acceptors (Lipinski definition) is 4. The second-order valence-electron chi connectivity index (χ2n) is 6.56. The molecule has 2 aromatic carbocycles. The molecule has 1 aliphatic heterocycles. The quantitative estimate of drug-likeness (QED) is 0.774. The van der Waals surface area contributed by atoms with E-state index >= 15 is 0 Å². The normalized spacial score (nSPS) is 14.7. The van der Waals surface area contributed by atoms with Crippen molar-refractivity contribution in [3.05, 3.63) is 48.5 Å². The number of methoxy groups -OCH3 is 1. The molecule has 1 heterocycles. The average Bonchev–Trinajstić information content (AvgIpc) is 2.70. The van der Waals surface area contributed by atoms with Gasteiger partial charge in [-0.3, -0.25) is 4.79 Å². The number of quaternary nitrogens is 1. The van der Waals surface area contributed by atoms with Gasteiger partial charge in [0.1, 0.15) is 11.5 Å². The third-order valence-corrected chi connectivity index (χ3v) is 4.77. The van der Waals surface area contributed by atoms with Crippen LogP contribution in [0.5, 0.6) is 11.5 Å². The van der Waals surface area contributed by atoms with Gasteiger partial charge in [-0.15, -0.1) is 0 Å². The number of hydrogen-bond donors (Lipinski definition) is 2. The Bertz CT molecular complexity index is 758. The molecule has 1 aliphatic rings. The summed E-state index contributed by atoms with van der Waals surface area (Å²) in [5.74, 6) is 1.62. The predicted molar refractivity (Wildman–Crippen MR) is 107 cm³/mol. The molecule has 0 aromatic heterocycles. The molecule has 6 heteroatoms. The molecule has 1 saturated heterocycles. The minimum absolute atomic E-state index is 0.0117. The highest BCUT2D eigenvalue weighted by Gasteiger charge is 2.24. The SMILES string of the molecule is CCOc1ccccc1N1CC[NH+](CC(=O)Nc2ccccc2OC)CC1. The van der Waals surface area contributed by atoms with Gasteiger partial charge in [0.2, 0.25) is 0 Å². The number of nitrogens with one attached hydrogen (secondary N) is 2. The van der Waals surface area contributed by atoms with Gasteiger partial charge in [-0.2, -0.15) is 0 Å². The lowest BCUT2D eigenvalue weighted by atomic mass is 10.2. The lowest BCUT2D eigenvalue weighted by molar-refractivity contribution is -0.892. The summed E-state index contributed by atoms with van der Waals surface area (Å²) < 4.78 is 11.0. The van der Waals surface area contributed by atoms with Crippen LogP contribution < -0.4 is 24.6 Å². The van der Waals surface area contributed by atoms with Gasteiger partial charge in [-0.05, 0) is 31.2 Å². The Kier molecular flexibility index (Phi) is 6.54. The van der Waals surface area contributed by atoms with Gasteiger partial charge in [0.15, 0.2) is 6.54 Å². The number of benzene rings is 2. The Hall–Kier alpha value is -2.73. The zero-order chi connectivity index (χ0) is 19.1. The first-order valence-corrected chi connectivity index (χ1v) is 9.44. The van der Waals surface area contributed by atoms with Gasteiger partial charge in [-0.1, -0.05) is 24.3 Å². The zero-order valence-electron chi connectivity index (χ0n) is 16.0. The van der Waals surface area contributed by atoms with Crippen LogP contribution in [0.2, 0.25) is 0 Å². The van der Waals surface area contributed by atoms with Crippen molar-refractivity contribution in [3.63, 3.8) is 0 Å². The van der Waals surface area contributed by atoms with E-state index in [4.69, 9.17) is 9.47 Å². The van der Waals surface area contributed by atoms with Gasteiger partial charge in [0.25, 0.3) is 5.91 Å². The van der Waals surface area contributed by atoms with Crippen molar-refractivity contribution < 1.29 is 19.2 Å². The second-order valence-corrected chi connectivity index (χ2v) is 6.56. The van der Waals surface area contributed by atoms with E-state index in [9.17, 15) is 4.79 Å². The van der Waals surface area contributed by atoms with Crippen LogP contribution in [0, 0.1) is 0 Å². The number of ether oxygens (including phenoxy) is 2. The van der Waals surface area contributed by atoms with Gasteiger partial charge < -0.3 is 24.6 Å². The van der Waals surface area contributed by atoms with Crippen molar-refractivity contribution in [1.82, 2.24) is 0 Å². The summed E-state index contributed by atoms with van der Waals surface area (Å²) in [7, 11) is 1.61. The van der Waals surface area contributed by atoms with E-state index in [0.29, 0.717) is 24.6 Å². The highest BCUT2D eigenvalue weighted by Crippen LogP contribution is 2.27. The van der Waals surface area contributed by atoms with Crippen LogP contribution in [-0.2, 0) is 4.79 Å². The fourth-order valence-electron chi connectivity index (χ4n) is 3.41. The first kappa shape index (κ1) is 19.0. The molecule has 0 spiro atoms. The van der Waals surface area contributed by atoms with Gasteiger partial charge in [-0.25, -0.2) is 0 Å². The summed E-state index contributed by atoms with van der Waals surface area (Å²) in [4.78, 5) is 16.0. The lowest BCUT2D eigenvalue weighted by Gasteiger charge is -2.34. The molecule has 6 nitrogen and oxygen atoms in total. The van der Waals surface area contributed by atoms with Crippen molar-refractivity contribution in [2.45, 2.75) is 6.92 Å². The molecule has 0 atom stereocenters. The van der Waals surface area contributed by atoms with Crippen LogP contribution in [-0.4, -0.2) is 52.3 Å². The molecule has 1 amide bonds. The maximum atomic E-state index is 12.4. The smallest absolute Gasteiger partial charge is 0.279 e. The van der Waals surface area contributed by atoms with E-state index in [1.165, 1.54) is 4.90 Å². The number of piperazine rings is 1. The van der Waals surface area contributed by atoms with E-state index in [1.54, 1.807) is 7.11 Å². The number of rotatable bonds is 7. The largest absolute Gasteiger partial charge is 0.495 e. The lowest BCUT2D eigenvalue weighted by Crippen LogP contribution is -3.15. The molecule has 0 radical (unpaired) electrons. The Balaban J connectivity index is 1.53. The number of para-hydroxylation sites is 4. The predicted octanol–water partition coefficient (Wildman–Crippen LogP) is 1.44. The molecular weight excluding hydrogens is 342 g/mol. The number of amides is 1. The summed E-state index contributed by atoms with van der Waals surface area (Å²) in [5, 5.41) is 2.96. The number of nitrogens with zero attached hydrogens (tertiary/aromatic N) is 1. The average molecular weight is 370 g/mol. The first-order chi connectivity index (χ1) is 13.2. The van der Waals surface area contributed by atoms with Crippen molar-refractivity contribution in [3.8, 4) is 11.5 Å². The van der Waals surface area contributed by atoms with Crippen LogP contribution in [0.4, 0.5) is 11.4 Å². The molecular formula is C21H28N3O3+. The van der Waals surface area contributed by atoms with Crippen molar-refractivity contribution >= 4 is 17.3 Å². The number of carbonyl (C=O) groups is 1. The highest BCUT2D eigenvalue weighted by molar-refractivity contribution is 5.92. The number of carbonyl (C=O) groups excluding carboxylic acids is 1. The van der Waals surface area contributed by atoms with Gasteiger partial charge in [0.05, 0.1) is 51.3 Å². The van der Waals surface area contributed by atoms with Gasteiger partial charge >= 0.3 is 0 Å². The Morgan fingerprint density at radius 2 is 1.74 bits per heavy atom. The standard InChI is InChI=1S/C21H27N3O3/c1-3-27-20-11-7-5-9-18(20)24-14-12-23(13-15-24)16-21(25)22-17-8-4-6-10-19(17)26-2/h4-11H,3,12-16H2,1-2H3,(H,22,25)/p+1. The molecule has 144 valence electrons. The fraction of sp³-hybridized carbons (Fsp3) is 0.381. The van der Waals surface area contributed by atoms with Crippen LogP contribution in [0.1, 0.15) is 6.92 Å². The Morgan fingerprint density at radius 1 is 1.07 bits per heavy atom. The van der Waals surface area contributed by atoms with Crippen LogP contribution in [0.3, 0.4) is 0 Å². The van der Waals surface area contributed by atoms with E-state index in [2.05, 4.69) is 16.3 Å². The Morgan fingerprint density at radius 3 is 2.44 bits per heavy atom. The summed E-state index contributed by atoms with van der Waals surface area (Å²) in [6.07, 6.45) is 0. The van der Waals surface area contributed by atoms with E-state index in [0.717, 1.165) is 37.6 Å². The molecule has 0 aliphatic carbocycles. The van der Waals surface area contributed by atoms with Crippen LogP contribution in [0.25, 0.3) is 0 Å². The van der Waals surface area contributed by atoms with Crippen molar-refractivity contribution in [1.29, 1.82) is 0 Å². The summed E-state index contributed by atoms with van der Waals surface area (Å²) in [6.45, 7) is 6.76. The highest BCUT2D eigenvalue weighted by atomic mass is 16.5. The monoisotopic (exact) mass is 370 g/mol. The van der Waals surface area contributed by atoms with Crippen molar-refractivity contribution in [2.24, 2.45) is 0 Å². The molecule has 2 N–H and O–H groups in total. The van der Waals surface area contributed by atoms with Crippen LogP contribution in [0.15, 0.2) is 48.5 Å². The maximum Gasteiger partial charge on any atom is 0.279 e. The summed E-state index contributed by atoms with van der Waals surface area (Å²) in [5.41, 5.74) is 1.85. The molecule has 0 saturated carbocycles. The minimum Gasteiger partial charge on any atom is -0.495 e. The number of anilines is 2. The second kappa shape index (κ2) is 9.28. The third-order valence-electron chi connectivity index (χ3n) is 4.77. The minimum atomic E-state index is 0.0117. The van der Waals surface area contributed by atoms with Gasteiger partial charge in [0, 0.05) is 0 Å². The van der Waals surface area contributed by atoms with E-state index < -0.39 is 0 Å². The first-order valence-electron chi connectivity index (χ1n) is 9.44. The van der Waals surface area contributed by atoms with Crippen molar-refractivity contribution in [2.75, 3.05) is 56.7 Å². The van der Waals surface area contributed by atoms with E-state index in [-0.39, 0.29) is 5.91 Å². The molecule has 3 rings (SSSR count). The summed E-state index contributed by atoms with van der Waals surface area (Å²) in [6, 6.07) is 15.6. The Labute approximate surface area is 160 Å². The molecule has 0 bridgehead atoms. The topological polar surface area (TPSA) is 55.2 Å². The third kappa shape index (κ3) is 4.92. The zero-order valence-corrected chi connectivity index (χ0v) is 16.0. The molecule has 2 aromatic rings. The van der Waals surface area contributed by atoms with Crippen LogP contribution >= 0.6 is 0 Å². The maximum absolute atomic E-state index is 12.4. The molecule has 27 heavy (non-hydrogen) atoms. The fourth-order valence-corrected chi connectivity index (χ4v) is 3.41. The van der Waals surface area contributed by atoms with E-state index in [1.807, 2.05) is 49.4 Å². The molecule has 0 unspecified atom stereocenters.